The maximum absolute atomic E-state index is 11.8. The molecule has 4 nitrogen and oxygen atoms in total. The first-order chi connectivity index (χ1) is 11.7. The van der Waals surface area contributed by atoms with E-state index in [-0.39, 0.29) is 12.0 Å². The number of hydrogen-bond acceptors (Lipinski definition) is 3. The van der Waals surface area contributed by atoms with Crippen LogP contribution >= 0.6 is 0 Å². The van der Waals surface area contributed by atoms with Gasteiger partial charge in [-0.25, -0.2) is 0 Å². The first-order valence-corrected chi connectivity index (χ1v) is 8.82. The van der Waals surface area contributed by atoms with Crippen molar-refractivity contribution in [2.24, 2.45) is 5.92 Å². The monoisotopic (exact) mass is 324 g/mol. The molecule has 4 heteroatoms. The number of nitrogens with zero attached hydrogens (tertiary/aromatic N) is 1. The summed E-state index contributed by atoms with van der Waals surface area (Å²) >= 11 is 0. The van der Waals surface area contributed by atoms with E-state index in [1.54, 1.807) is 0 Å². The van der Waals surface area contributed by atoms with Crippen molar-refractivity contribution in [1.82, 2.24) is 9.88 Å². The third-order valence-electron chi connectivity index (χ3n) is 5.60. The SMILES string of the molecule is CC[C@@H]1CN2CCc3c([nH]c4ccccc34)[C@@H]2C=C1CC(=O)OC. The van der Waals surface area contributed by atoms with Crippen LogP contribution in [0.4, 0.5) is 0 Å². The molecular weight excluding hydrogens is 300 g/mol. The van der Waals surface area contributed by atoms with Gasteiger partial charge in [0.2, 0.25) is 0 Å². The Bertz CT molecular complexity index is 805. The van der Waals surface area contributed by atoms with Crippen LogP contribution in [0.3, 0.4) is 0 Å². The molecule has 0 radical (unpaired) electrons. The number of carbonyl (C=O) groups is 1. The van der Waals surface area contributed by atoms with E-state index in [1.807, 2.05) is 0 Å². The highest BCUT2D eigenvalue weighted by atomic mass is 16.5. The Morgan fingerprint density at radius 3 is 3.00 bits per heavy atom. The van der Waals surface area contributed by atoms with Crippen LogP contribution in [-0.2, 0) is 16.0 Å². The molecule has 1 N–H and O–H groups in total. The minimum atomic E-state index is -0.138. The highest BCUT2D eigenvalue weighted by Crippen LogP contribution is 2.40. The fourth-order valence-electron chi connectivity index (χ4n) is 4.29. The van der Waals surface area contributed by atoms with Crippen molar-refractivity contribution >= 4 is 16.9 Å². The molecule has 24 heavy (non-hydrogen) atoms. The number of aromatic amines is 1. The number of hydrogen-bond donors (Lipinski definition) is 1. The molecule has 2 aliphatic rings. The van der Waals surface area contributed by atoms with Crippen LogP contribution in [0.15, 0.2) is 35.9 Å². The van der Waals surface area contributed by atoms with Crippen LogP contribution in [0.1, 0.15) is 37.1 Å². The van der Waals surface area contributed by atoms with Crippen molar-refractivity contribution in [3.05, 3.63) is 47.2 Å². The Balaban J connectivity index is 1.77. The van der Waals surface area contributed by atoms with Crippen molar-refractivity contribution in [1.29, 1.82) is 0 Å². The van der Waals surface area contributed by atoms with Gasteiger partial charge in [-0.1, -0.05) is 36.8 Å². The molecule has 0 aliphatic carbocycles. The zero-order chi connectivity index (χ0) is 16.7. The molecule has 1 aromatic carbocycles. The fourth-order valence-corrected chi connectivity index (χ4v) is 4.29. The third kappa shape index (κ3) is 2.46. The predicted molar refractivity (Wildman–Crippen MR) is 94.8 cm³/mol. The molecular formula is C20H24N2O2. The molecule has 0 spiro atoms. The first-order valence-electron chi connectivity index (χ1n) is 8.82. The maximum Gasteiger partial charge on any atom is 0.309 e. The second-order valence-corrected chi connectivity index (χ2v) is 6.85. The van der Waals surface area contributed by atoms with Gasteiger partial charge in [0.15, 0.2) is 0 Å². The average molecular weight is 324 g/mol. The highest BCUT2D eigenvalue weighted by molar-refractivity contribution is 5.85. The number of carbonyl (C=O) groups excluding carboxylic acids is 1. The lowest BCUT2D eigenvalue weighted by Crippen LogP contribution is -2.41. The van der Waals surface area contributed by atoms with Gasteiger partial charge in [0.25, 0.3) is 0 Å². The number of aromatic nitrogens is 1. The first kappa shape index (κ1) is 15.5. The van der Waals surface area contributed by atoms with Crippen LogP contribution in [-0.4, -0.2) is 36.1 Å². The second kappa shape index (κ2) is 6.10. The van der Waals surface area contributed by atoms with Crippen LogP contribution in [0.5, 0.6) is 0 Å². The van der Waals surface area contributed by atoms with Crippen molar-refractivity contribution in [3.8, 4) is 0 Å². The Morgan fingerprint density at radius 1 is 1.38 bits per heavy atom. The lowest BCUT2D eigenvalue weighted by molar-refractivity contribution is -0.140. The van der Waals surface area contributed by atoms with Gasteiger partial charge in [-0.3, -0.25) is 9.69 Å². The largest absolute Gasteiger partial charge is 0.469 e. The molecule has 0 bridgehead atoms. The van der Waals surface area contributed by atoms with E-state index in [1.165, 1.54) is 34.8 Å². The average Bonchev–Trinajstić information content (AvgIpc) is 3.00. The number of nitrogens with one attached hydrogen (secondary N) is 1. The predicted octanol–water partition coefficient (Wildman–Crippen LogP) is 3.60. The molecule has 0 amide bonds. The van der Waals surface area contributed by atoms with E-state index in [0.717, 1.165) is 25.9 Å². The summed E-state index contributed by atoms with van der Waals surface area (Å²) in [5.74, 6) is 0.312. The molecule has 126 valence electrons. The Morgan fingerprint density at radius 2 is 2.21 bits per heavy atom. The number of esters is 1. The number of benzene rings is 1. The van der Waals surface area contributed by atoms with Gasteiger partial charge in [0.05, 0.1) is 19.6 Å². The van der Waals surface area contributed by atoms with Crippen LogP contribution in [0.2, 0.25) is 0 Å². The highest BCUT2D eigenvalue weighted by Gasteiger charge is 2.35. The molecule has 0 fully saturated rings. The number of fused-ring (bicyclic) bond motifs is 5. The van der Waals surface area contributed by atoms with Crippen LogP contribution in [0, 0.1) is 5.92 Å². The summed E-state index contributed by atoms with van der Waals surface area (Å²) in [6.07, 6.45) is 4.87. The lowest BCUT2D eigenvalue weighted by Gasteiger charge is -2.41. The minimum Gasteiger partial charge on any atom is -0.469 e. The second-order valence-electron chi connectivity index (χ2n) is 6.85. The maximum atomic E-state index is 11.8. The summed E-state index contributed by atoms with van der Waals surface area (Å²) in [5, 5.41) is 1.34. The van der Waals surface area contributed by atoms with Gasteiger partial charge in [-0.15, -0.1) is 0 Å². The molecule has 2 aliphatic heterocycles. The minimum absolute atomic E-state index is 0.138. The molecule has 2 aromatic rings. The van der Waals surface area contributed by atoms with Crippen molar-refractivity contribution in [3.63, 3.8) is 0 Å². The van der Waals surface area contributed by atoms with E-state index >= 15 is 0 Å². The summed E-state index contributed by atoms with van der Waals surface area (Å²) in [4.78, 5) is 18.0. The quantitative estimate of drug-likeness (QED) is 0.693. The molecule has 0 saturated carbocycles. The third-order valence-corrected chi connectivity index (χ3v) is 5.60. The van der Waals surface area contributed by atoms with Crippen molar-refractivity contribution in [2.45, 2.75) is 32.2 Å². The Labute approximate surface area is 142 Å². The van der Waals surface area contributed by atoms with Gasteiger partial charge >= 0.3 is 5.97 Å². The number of methoxy groups -OCH3 is 1. The van der Waals surface area contributed by atoms with Gasteiger partial charge in [-0.05, 0) is 30.4 Å². The Kier molecular flexibility index (Phi) is 3.93. The number of para-hydroxylation sites is 1. The van der Waals surface area contributed by atoms with Gasteiger partial charge in [0, 0.05) is 29.7 Å². The summed E-state index contributed by atoms with van der Waals surface area (Å²) in [6, 6.07) is 8.79. The summed E-state index contributed by atoms with van der Waals surface area (Å²) in [7, 11) is 1.47. The zero-order valence-corrected chi connectivity index (χ0v) is 14.3. The lowest BCUT2D eigenvalue weighted by atomic mass is 9.84. The van der Waals surface area contributed by atoms with Crippen molar-refractivity contribution < 1.29 is 9.53 Å². The van der Waals surface area contributed by atoms with E-state index in [2.05, 4.69) is 47.1 Å². The summed E-state index contributed by atoms with van der Waals surface area (Å²) in [6.45, 7) is 4.31. The molecule has 3 heterocycles. The van der Waals surface area contributed by atoms with Gasteiger partial charge in [0.1, 0.15) is 0 Å². The van der Waals surface area contributed by atoms with Crippen LogP contribution in [0.25, 0.3) is 10.9 Å². The van der Waals surface area contributed by atoms with Crippen LogP contribution < -0.4 is 0 Å². The van der Waals surface area contributed by atoms with Gasteiger partial charge < -0.3 is 9.72 Å². The summed E-state index contributed by atoms with van der Waals surface area (Å²) < 4.78 is 4.90. The normalized spacial score (nSPS) is 23.5. The molecule has 4 rings (SSSR count). The fraction of sp³-hybridized carbons (Fsp3) is 0.450. The van der Waals surface area contributed by atoms with Crippen molar-refractivity contribution in [2.75, 3.05) is 20.2 Å². The van der Waals surface area contributed by atoms with E-state index in [4.69, 9.17) is 4.74 Å². The number of rotatable bonds is 3. The topological polar surface area (TPSA) is 45.3 Å². The number of H-pyrrole nitrogens is 1. The standard InChI is InChI=1S/C20H24N2O2/c1-3-13-12-22-9-8-16-15-6-4-5-7-17(15)21-20(16)18(22)10-14(13)11-19(23)24-2/h4-7,10,13,18,21H,3,8-9,11-12H2,1-2H3/t13-,18+/m1/s1. The van der Waals surface area contributed by atoms with E-state index < -0.39 is 0 Å². The molecule has 2 atom stereocenters. The molecule has 1 aromatic heterocycles. The zero-order valence-electron chi connectivity index (χ0n) is 14.3. The van der Waals surface area contributed by atoms with Gasteiger partial charge in [-0.2, -0.15) is 0 Å². The molecule has 0 saturated heterocycles. The van der Waals surface area contributed by atoms with E-state index in [0.29, 0.717) is 12.3 Å². The smallest absolute Gasteiger partial charge is 0.309 e. The molecule has 0 unspecified atom stereocenters. The number of ether oxygens (including phenoxy) is 1. The summed E-state index contributed by atoms with van der Waals surface area (Å²) in [5.41, 5.74) is 5.19. The van der Waals surface area contributed by atoms with E-state index in [9.17, 15) is 4.79 Å². The Hall–Kier alpha value is -2.07.